The number of hydrogen-bond acceptors (Lipinski definition) is 1. The van der Waals surface area contributed by atoms with E-state index in [9.17, 15) is 4.39 Å². The smallest absolute Gasteiger partial charge is 0.254 e. The van der Waals surface area contributed by atoms with Crippen molar-refractivity contribution in [2.75, 3.05) is 0 Å². The van der Waals surface area contributed by atoms with E-state index in [-0.39, 0.29) is 16.3 Å². The Balaban J connectivity index is 1.52. The Hall–Kier alpha value is -5.04. The van der Waals surface area contributed by atoms with E-state index >= 15 is 8.78 Å². The van der Waals surface area contributed by atoms with E-state index in [1.54, 1.807) is 0 Å². The molecular formula is C39H27BF3N3. The van der Waals surface area contributed by atoms with Crippen LogP contribution in [0, 0.1) is 17.5 Å². The van der Waals surface area contributed by atoms with Crippen molar-refractivity contribution in [3.8, 4) is 5.69 Å². The zero-order chi connectivity index (χ0) is 31.4. The monoisotopic (exact) mass is 605 g/mol. The predicted octanol–water partition coefficient (Wildman–Crippen LogP) is 7.55. The van der Waals surface area contributed by atoms with Gasteiger partial charge in [-0.15, -0.1) is 0 Å². The van der Waals surface area contributed by atoms with Gasteiger partial charge in [0.25, 0.3) is 6.71 Å². The maximum absolute atomic E-state index is 16.0. The molecule has 1 aliphatic carbocycles. The summed E-state index contributed by atoms with van der Waals surface area (Å²) in [4.78, 5) is 5.23. The van der Waals surface area contributed by atoms with Crippen molar-refractivity contribution >= 4 is 72.5 Å². The molecule has 0 atom stereocenters. The quantitative estimate of drug-likeness (QED) is 0.177. The van der Waals surface area contributed by atoms with Crippen molar-refractivity contribution in [3.63, 3.8) is 0 Å². The van der Waals surface area contributed by atoms with Crippen LogP contribution in [0.1, 0.15) is 38.8 Å². The molecule has 0 bridgehead atoms. The van der Waals surface area contributed by atoms with Gasteiger partial charge in [0, 0.05) is 28.4 Å². The topological polar surface area (TPSA) is 22.2 Å². The van der Waals surface area contributed by atoms with Gasteiger partial charge < -0.3 is 0 Å². The first-order valence-corrected chi connectivity index (χ1v) is 15.7. The number of imidazole rings is 1. The molecule has 0 saturated heterocycles. The fourth-order valence-corrected chi connectivity index (χ4v) is 8.69. The standard InChI is InChI=1S/C39H27BF3N3/c1-38(2)23-11-8-10-22-33(23)24(39(38,3)4)19-26-35(22)46-36-25(40(26)34-27(42)17-21(41)18-28(34)43)16-15-20-9-7-14-31(32(20)36)45-30-13-6-5-12-29(30)44-37(45)46/h5-19H,1-4H3. The minimum Gasteiger partial charge on any atom is -0.280 e. The van der Waals surface area contributed by atoms with Crippen LogP contribution in [0.15, 0.2) is 91.0 Å². The molecule has 46 heavy (non-hydrogen) atoms. The van der Waals surface area contributed by atoms with E-state index < -0.39 is 24.2 Å². The number of aromatic nitrogens is 3. The Morgan fingerprint density at radius 2 is 1.39 bits per heavy atom. The highest BCUT2D eigenvalue weighted by atomic mass is 19.1. The fourth-order valence-electron chi connectivity index (χ4n) is 8.69. The number of halogens is 3. The molecule has 0 N–H and O–H groups in total. The van der Waals surface area contributed by atoms with Crippen LogP contribution in [0.3, 0.4) is 0 Å². The second-order valence-corrected chi connectivity index (χ2v) is 14.0. The zero-order valence-electron chi connectivity index (χ0n) is 25.7. The van der Waals surface area contributed by atoms with Gasteiger partial charge >= 0.3 is 0 Å². The van der Waals surface area contributed by atoms with Gasteiger partial charge in [-0.3, -0.25) is 8.97 Å². The van der Waals surface area contributed by atoms with Gasteiger partial charge in [0.2, 0.25) is 5.78 Å². The summed E-state index contributed by atoms with van der Waals surface area (Å²) < 4.78 is 50.9. The molecule has 6 aromatic carbocycles. The van der Waals surface area contributed by atoms with Gasteiger partial charge in [0.15, 0.2) is 0 Å². The summed E-state index contributed by atoms with van der Waals surface area (Å²) in [6.07, 6.45) is 0. The molecule has 8 aromatic rings. The fraction of sp³-hybridized carbons (Fsp3) is 0.154. The van der Waals surface area contributed by atoms with Crippen molar-refractivity contribution < 1.29 is 13.2 Å². The minimum absolute atomic E-state index is 0.146. The molecule has 0 saturated carbocycles. The lowest BCUT2D eigenvalue weighted by atomic mass is 9.35. The summed E-state index contributed by atoms with van der Waals surface area (Å²) in [5.74, 6) is -1.99. The van der Waals surface area contributed by atoms with Gasteiger partial charge in [-0.1, -0.05) is 88.4 Å². The normalized spacial score (nSPS) is 16.0. The zero-order valence-corrected chi connectivity index (χ0v) is 25.7. The molecule has 0 amide bonds. The molecule has 1 aliphatic heterocycles. The summed E-state index contributed by atoms with van der Waals surface area (Å²) in [5.41, 5.74) is 7.81. The lowest BCUT2D eigenvalue weighted by Gasteiger charge is -2.37. The Labute approximate surface area is 263 Å². The van der Waals surface area contributed by atoms with Crippen molar-refractivity contribution in [2.24, 2.45) is 0 Å². The summed E-state index contributed by atoms with van der Waals surface area (Å²) in [6, 6.07) is 28.5. The van der Waals surface area contributed by atoms with E-state index in [0.717, 1.165) is 78.3 Å². The minimum atomic E-state index is -0.933. The second kappa shape index (κ2) is 8.21. The number of fused-ring (bicyclic) bond motifs is 8. The van der Waals surface area contributed by atoms with Gasteiger partial charge in [-0.2, -0.15) is 0 Å². The highest BCUT2D eigenvalue weighted by Gasteiger charge is 2.49. The molecule has 7 heteroatoms. The molecule has 0 fully saturated rings. The predicted molar refractivity (Wildman–Crippen MR) is 182 cm³/mol. The molecule has 3 nitrogen and oxygen atoms in total. The number of hydrogen-bond donors (Lipinski definition) is 0. The SMILES string of the molecule is CC1(C)c2cccc3c4c(cc(c23)C1(C)C)B(c1c(F)cc(F)cc1F)c1ccc2cccc3c2c1n-4c1nc2ccccc2n31. The van der Waals surface area contributed by atoms with Crippen LogP contribution in [0.5, 0.6) is 0 Å². The van der Waals surface area contributed by atoms with E-state index in [1.165, 1.54) is 10.9 Å². The van der Waals surface area contributed by atoms with Crippen molar-refractivity contribution in [3.05, 3.63) is 120 Å². The van der Waals surface area contributed by atoms with Crippen molar-refractivity contribution in [1.29, 1.82) is 0 Å². The molecule has 3 heterocycles. The van der Waals surface area contributed by atoms with E-state index in [0.29, 0.717) is 0 Å². The first kappa shape index (κ1) is 26.2. The van der Waals surface area contributed by atoms with Crippen LogP contribution in [0.4, 0.5) is 13.2 Å². The number of para-hydroxylation sites is 2. The average Bonchev–Trinajstić information content (AvgIpc) is 3.48. The lowest BCUT2D eigenvalue weighted by Crippen LogP contribution is -2.58. The summed E-state index contributed by atoms with van der Waals surface area (Å²) in [7, 11) is 0. The lowest BCUT2D eigenvalue weighted by molar-refractivity contribution is 0.322. The molecule has 10 rings (SSSR count). The summed E-state index contributed by atoms with van der Waals surface area (Å²) in [6.45, 7) is 8.22. The molecule has 222 valence electrons. The van der Waals surface area contributed by atoms with Crippen LogP contribution in [-0.2, 0) is 10.8 Å². The Morgan fingerprint density at radius 3 is 2.20 bits per heavy atom. The largest absolute Gasteiger partial charge is 0.280 e. The van der Waals surface area contributed by atoms with Gasteiger partial charge in [0.05, 0.1) is 27.8 Å². The molecule has 0 radical (unpaired) electrons. The second-order valence-electron chi connectivity index (χ2n) is 14.0. The van der Waals surface area contributed by atoms with E-state index in [4.69, 9.17) is 4.98 Å². The summed E-state index contributed by atoms with van der Waals surface area (Å²) >= 11 is 0. The van der Waals surface area contributed by atoms with Crippen LogP contribution in [-0.4, -0.2) is 20.7 Å². The van der Waals surface area contributed by atoms with Gasteiger partial charge in [-0.05, 0) is 61.9 Å². The molecular weight excluding hydrogens is 578 g/mol. The number of rotatable bonds is 1. The molecule has 0 spiro atoms. The summed E-state index contributed by atoms with van der Waals surface area (Å²) in [5, 5.41) is 4.18. The average molecular weight is 605 g/mol. The first-order valence-electron chi connectivity index (χ1n) is 15.7. The van der Waals surface area contributed by atoms with Crippen LogP contribution in [0.25, 0.3) is 55.1 Å². The Bertz CT molecular complexity index is 2680. The third kappa shape index (κ3) is 2.87. The van der Waals surface area contributed by atoms with Crippen molar-refractivity contribution in [1.82, 2.24) is 14.0 Å². The molecule has 2 aliphatic rings. The molecule has 2 aromatic heterocycles. The first-order chi connectivity index (χ1) is 22.1. The Kier molecular flexibility index (Phi) is 4.68. The molecule has 0 unspecified atom stereocenters. The van der Waals surface area contributed by atoms with Gasteiger partial charge in [-0.25, -0.2) is 18.2 Å². The third-order valence-electron chi connectivity index (χ3n) is 11.5. The van der Waals surface area contributed by atoms with E-state index in [1.807, 2.05) is 36.4 Å². The highest BCUT2D eigenvalue weighted by molar-refractivity contribution is 6.98. The van der Waals surface area contributed by atoms with Crippen LogP contribution in [0.2, 0.25) is 0 Å². The van der Waals surface area contributed by atoms with Crippen LogP contribution < -0.4 is 16.4 Å². The van der Waals surface area contributed by atoms with Crippen molar-refractivity contribution in [2.45, 2.75) is 38.5 Å². The van der Waals surface area contributed by atoms with Gasteiger partial charge in [0.1, 0.15) is 17.5 Å². The third-order valence-corrected chi connectivity index (χ3v) is 11.5. The number of benzene rings is 6. The number of nitrogens with zero attached hydrogens (tertiary/aromatic N) is 3. The Morgan fingerprint density at radius 1 is 0.674 bits per heavy atom. The maximum atomic E-state index is 16.0. The highest BCUT2D eigenvalue weighted by Crippen LogP contribution is 2.55. The maximum Gasteiger partial charge on any atom is 0.254 e. The van der Waals surface area contributed by atoms with E-state index in [2.05, 4.69) is 79.1 Å². The van der Waals surface area contributed by atoms with Crippen LogP contribution >= 0.6 is 0 Å².